The highest BCUT2D eigenvalue weighted by Crippen LogP contribution is 2.27. The molecule has 1 aliphatic heterocycles. The van der Waals surface area contributed by atoms with Crippen molar-refractivity contribution in [3.8, 4) is 11.5 Å². The average Bonchev–Trinajstić information content (AvgIpc) is 2.74. The molecule has 1 unspecified atom stereocenters. The molecule has 0 bridgehead atoms. The van der Waals surface area contributed by atoms with Crippen LogP contribution in [0.3, 0.4) is 0 Å². The number of morpholine rings is 1. The number of carbonyl (C=O) groups is 1. The topological polar surface area (TPSA) is 60.0 Å². The van der Waals surface area contributed by atoms with Gasteiger partial charge >= 0.3 is 6.03 Å². The first kappa shape index (κ1) is 19.0. The number of ether oxygens (including phenoxy) is 3. The van der Waals surface area contributed by atoms with E-state index in [1.807, 2.05) is 53.4 Å². The van der Waals surface area contributed by atoms with E-state index in [-0.39, 0.29) is 12.1 Å². The largest absolute Gasteiger partial charge is 0.493 e. The van der Waals surface area contributed by atoms with Crippen molar-refractivity contribution in [2.24, 2.45) is 0 Å². The number of nitrogens with one attached hydrogen (secondary N) is 1. The Bertz CT molecular complexity index is 751. The van der Waals surface area contributed by atoms with Gasteiger partial charge in [-0.2, -0.15) is 0 Å². The molecule has 144 valence electrons. The number of amides is 2. The maximum atomic E-state index is 12.5. The van der Waals surface area contributed by atoms with Gasteiger partial charge in [0, 0.05) is 13.1 Å². The molecule has 27 heavy (non-hydrogen) atoms. The van der Waals surface area contributed by atoms with Gasteiger partial charge in [-0.05, 0) is 29.7 Å². The summed E-state index contributed by atoms with van der Waals surface area (Å²) in [5.74, 6) is 1.39. The monoisotopic (exact) mass is 370 g/mol. The number of methoxy groups -OCH3 is 2. The third-order valence-corrected chi connectivity index (χ3v) is 4.66. The predicted octanol–water partition coefficient (Wildman–Crippen LogP) is 3.03. The number of rotatable bonds is 6. The van der Waals surface area contributed by atoms with Crippen molar-refractivity contribution < 1.29 is 19.0 Å². The van der Waals surface area contributed by atoms with E-state index in [4.69, 9.17) is 14.2 Å². The molecule has 2 amide bonds. The minimum absolute atomic E-state index is 0.0558. The van der Waals surface area contributed by atoms with Crippen LogP contribution in [0.25, 0.3) is 0 Å². The first-order chi connectivity index (χ1) is 13.2. The second-order valence-electron chi connectivity index (χ2n) is 6.39. The Labute approximate surface area is 160 Å². The van der Waals surface area contributed by atoms with Crippen LogP contribution in [0, 0.1) is 0 Å². The third-order valence-electron chi connectivity index (χ3n) is 4.66. The highest BCUT2D eigenvalue weighted by Gasteiger charge is 2.25. The van der Waals surface area contributed by atoms with E-state index >= 15 is 0 Å². The summed E-state index contributed by atoms with van der Waals surface area (Å²) in [4.78, 5) is 14.3. The van der Waals surface area contributed by atoms with Gasteiger partial charge in [-0.1, -0.05) is 36.4 Å². The molecule has 1 aliphatic rings. The molecule has 6 heteroatoms. The van der Waals surface area contributed by atoms with Crippen molar-refractivity contribution in [2.45, 2.75) is 12.5 Å². The van der Waals surface area contributed by atoms with E-state index in [0.29, 0.717) is 37.7 Å². The Morgan fingerprint density at radius 1 is 1.15 bits per heavy atom. The fourth-order valence-electron chi connectivity index (χ4n) is 3.16. The van der Waals surface area contributed by atoms with Crippen molar-refractivity contribution in [3.05, 3.63) is 59.7 Å². The Morgan fingerprint density at radius 2 is 1.93 bits per heavy atom. The number of nitrogens with zero attached hydrogens (tertiary/aromatic N) is 1. The number of hydrogen-bond acceptors (Lipinski definition) is 4. The van der Waals surface area contributed by atoms with Gasteiger partial charge in [0.25, 0.3) is 0 Å². The van der Waals surface area contributed by atoms with Gasteiger partial charge in [-0.25, -0.2) is 4.79 Å². The fourth-order valence-corrected chi connectivity index (χ4v) is 3.16. The summed E-state index contributed by atoms with van der Waals surface area (Å²) < 4.78 is 16.4. The lowest BCUT2D eigenvalue weighted by atomic mass is 10.1. The molecule has 1 heterocycles. The summed E-state index contributed by atoms with van der Waals surface area (Å²) in [6.45, 7) is 2.27. The van der Waals surface area contributed by atoms with Gasteiger partial charge in [0.15, 0.2) is 11.5 Å². The third kappa shape index (κ3) is 4.92. The van der Waals surface area contributed by atoms with E-state index in [2.05, 4.69) is 5.32 Å². The van der Waals surface area contributed by atoms with Crippen molar-refractivity contribution in [1.29, 1.82) is 0 Å². The van der Waals surface area contributed by atoms with Crippen molar-refractivity contribution in [3.63, 3.8) is 0 Å². The van der Waals surface area contributed by atoms with E-state index < -0.39 is 0 Å². The van der Waals surface area contributed by atoms with Crippen LogP contribution in [0.5, 0.6) is 11.5 Å². The number of carbonyl (C=O) groups excluding carboxylic acids is 1. The lowest BCUT2D eigenvalue weighted by Crippen LogP contribution is -2.47. The SMILES string of the molecule is COc1ccc(CCNC(=O)N2CCOC(c3ccccc3)C2)cc1OC. The van der Waals surface area contributed by atoms with E-state index in [1.165, 1.54) is 0 Å². The maximum Gasteiger partial charge on any atom is 0.317 e. The molecule has 3 rings (SSSR count). The van der Waals surface area contributed by atoms with Crippen LogP contribution in [-0.2, 0) is 11.2 Å². The molecule has 0 saturated carbocycles. The zero-order valence-electron chi connectivity index (χ0n) is 15.8. The van der Waals surface area contributed by atoms with Gasteiger partial charge in [0.05, 0.1) is 27.4 Å². The second-order valence-corrected chi connectivity index (χ2v) is 6.39. The van der Waals surface area contributed by atoms with Crippen molar-refractivity contribution in [2.75, 3.05) is 40.5 Å². The minimum Gasteiger partial charge on any atom is -0.493 e. The summed E-state index contributed by atoms with van der Waals surface area (Å²) in [5.41, 5.74) is 2.18. The standard InChI is InChI=1S/C21H26N2O4/c1-25-18-9-8-16(14-19(18)26-2)10-11-22-21(24)23-12-13-27-20(15-23)17-6-4-3-5-7-17/h3-9,14,20H,10-13,15H2,1-2H3,(H,22,24). The summed E-state index contributed by atoms with van der Waals surface area (Å²) in [6.07, 6.45) is 0.648. The predicted molar refractivity (Wildman–Crippen MR) is 103 cm³/mol. The average molecular weight is 370 g/mol. The second kappa shape index (κ2) is 9.28. The first-order valence-electron chi connectivity index (χ1n) is 9.11. The summed E-state index contributed by atoms with van der Waals surface area (Å²) in [6, 6.07) is 15.7. The molecule has 1 atom stereocenters. The van der Waals surface area contributed by atoms with E-state index in [1.54, 1.807) is 14.2 Å². The molecule has 2 aromatic carbocycles. The molecule has 0 spiro atoms. The molecule has 2 aromatic rings. The zero-order chi connectivity index (χ0) is 19.1. The number of hydrogen-bond donors (Lipinski definition) is 1. The van der Waals surface area contributed by atoms with Gasteiger partial charge in [-0.15, -0.1) is 0 Å². The minimum atomic E-state index is -0.0726. The Balaban J connectivity index is 1.50. The van der Waals surface area contributed by atoms with Crippen LogP contribution in [0.2, 0.25) is 0 Å². The summed E-state index contributed by atoms with van der Waals surface area (Å²) in [7, 11) is 3.23. The normalized spacial score (nSPS) is 16.7. The van der Waals surface area contributed by atoms with Crippen LogP contribution in [0.4, 0.5) is 4.79 Å². The Hall–Kier alpha value is -2.73. The van der Waals surface area contributed by atoms with Gasteiger partial charge in [-0.3, -0.25) is 0 Å². The van der Waals surface area contributed by atoms with Crippen LogP contribution < -0.4 is 14.8 Å². The molecular weight excluding hydrogens is 344 g/mol. The number of urea groups is 1. The number of benzene rings is 2. The first-order valence-corrected chi connectivity index (χ1v) is 9.11. The Kier molecular flexibility index (Phi) is 6.54. The Morgan fingerprint density at radius 3 is 2.67 bits per heavy atom. The molecule has 0 aromatic heterocycles. The molecule has 0 radical (unpaired) electrons. The van der Waals surface area contributed by atoms with Gasteiger partial charge < -0.3 is 24.4 Å². The van der Waals surface area contributed by atoms with Crippen molar-refractivity contribution >= 4 is 6.03 Å². The highest BCUT2D eigenvalue weighted by molar-refractivity contribution is 5.74. The summed E-state index contributed by atoms with van der Waals surface area (Å²) in [5, 5.41) is 3.00. The van der Waals surface area contributed by atoms with Crippen molar-refractivity contribution in [1.82, 2.24) is 10.2 Å². The van der Waals surface area contributed by atoms with E-state index in [0.717, 1.165) is 17.5 Å². The molecule has 1 N–H and O–H groups in total. The van der Waals surface area contributed by atoms with Crippen LogP contribution >= 0.6 is 0 Å². The smallest absolute Gasteiger partial charge is 0.317 e. The molecule has 6 nitrogen and oxygen atoms in total. The fraction of sp³-hybridized carbons (Fsp3) is 0.381. The lowest BCUT2D eigenvalue weighted by Gasteiger charge is -2.33. The van der Waals surface area contributed by atoms with Gasteiger partial charge in [0.2, 0.25) is 0 Å². The molecular formula is C21H26N2O4. The zero-order valence-corrected chi connectivity index (χ0v) is 15.8. The van der Waals surface area contributed by atoms with E-state index in [9.17, 15) is 4.79 Å². The molecule has 1 saturated heterocycles. The lowest BCUT2D eigenvalue weighted by molar-refractivity contribution is -0.0153. The molecule has 0 aliphatic carbocycles. The van der Waals surface area contributed by atoms with Crippen LogP contribution in [0.1, 0.15) is 17.2 Å². The van der Waals surface area contributed by atoms with Crippen LogP contribution in [0.15, 0.2) is 48.5 Å². The maximum absolute atomic E-state index is 12.5. The highest BCUT2D eigenvalue weighted by atomic mass is 16.5. The van der Waals surface area contributed by atoms with Crippen LogP contribution in [-0.4, -0.2) is 51.4 Å². The quantitative estimate of drug-likeness (QED) is 0.849. The molecule has 1 fully saturated rings. The summed E-state index contributed by atoms with van der Waals surface area (Å²) >= 11 is 0. The van der Waals surface area contributed by atoms with Gasteiger partial charge in [0.1, 0.15) is 6.10 Å².